The van der Waals surface area contributed by atoms with Gasteiger partial charge in [0, 0.05) is 25.7 Å². The van der Waals surface area contributed by atoms with Gasteiger partial charge in [-0.2, -0.15) is 0 Å². The van der Waals surface area contributed by atoms with E-state index in [-0.39, 0.29) is 5.97 Å². The molecule has 1 aliphatic heterocycles. The number of carbonyl (C=O) groups excluding carboxylic acids is 1. The van der Waals surface area contributed by atoms with Crippen molar-refractivity contribution in [2.24, 2.45) is 0 Å². The molecule has 0 spiro atoms. The average Bonchev–Trinajstić information content (AvgIpc) is 2.81. The zero-order valence-corrected chi connectivity index (χ0v) is 11.2. The summed E-state index contributed by atoms with van der Waals surface area (Å²) in [5.41, 5.74) is 0. The number of aromatic nitrogens is 1. The summed E-state index contributed by atoms with van der Waals surface area (Å²) in [5.74, 6) is -0.309. The highest BCUT2D eigenvalue weighted by molar-refractivity contribution is 7.17. The van der Waals surface area contributed by atoms with E-state index in [0.717, 1.165) is 24.8 Å². The molecule has 0 saturated carbocycles. The van der Waals surface area contributed by atoms with Crippen molar-refractivity contribution in [2.45, 2.75) is 13.0 Å². The van der Waals surface area contributed by atoms with Crippen molar-refractivity contribution in [3.8, 4) is 0 Å². The van der Waals surface area contributed by atoms with Crippen LogP contribution >= 0.6 is 11.3 Å². The van der Waals surface area contributed by atoms with E-state index in [1.807, 2.05) is 0 Å². The van der Waals surface area contributed by atoms with Gasteiger partial charge in [0.05, 0.1) is 13.3 Å². The first kappa shape index (κ1) is 12.3. The zero-order valence-electron chi connectivity index (χ0n) is 10.3. The van der Waals surface area contributed by atoms with Gasteiger partial charge in [0.1, 0.15) is 4.88 Å². The molecule has 1 fully saturated rings. The van der Waals surface area contributed by atoms with Crippen LogP contribution in [0.25, 0.3) is 0 Å². The van der Waals surface area contributed by atoms with Crippen LogP contribution in [0.2, 0.25) is 0 Å². The monoisotopic (exact) mass is 255 g/mol. The molecule has 2 rings (SSSR count). The summed E-state index contributed by atoms with van der Waals surface area (Å²) in [6, 6.07) is 0.509. The molecule has 6 heteroatoms. The Kier molecular flexibility index (Phi) is 3.63. The van der Waals surface area contributed by atoms with Crippen LogP contribution in [0.1, 0.15) is 16.6 Å². The lowest BCUT2D eigenvalue weighted by Gasteiger charge is -2.37. The Morgan fingerprint density at radius 3 is 3.00 bits per heavy atom. The summed E-state index contributed by atoms with van der Waals surface area (Å²) in [5, 5.41) is 0.908. The second-order valence-corrected chi connectivity index (χ2v) is 5.28. The topological polar surface area (TPSA) is 45.7 Å². The Morgan fingerprint density at radius 1 is 1.59 bits per heavy atom. The molecule has 17 heavy (non-hydrogen) atoms. The van der Waals surface area contributed by atoms with E-state index >= 15 is 0 Å². The molecule has 0 N–H and O–H groups in total. The minimum absolute atomic E-state index is 0.309. The number of hydrogen-bond donors (Lipinski definition) is 0. The molecular formula is C11H17N3O2S. The van der Waals surface area contributed by atoms with Crippen molar-refractivity contribution in [3.05, 3.63) is 11.1 Å². The third-order valence-corrected chi connectivity index (χ3v) is 4.15. The molecule has 5 nitrogen and oxygen atoms in total. The van der Waals surface area contributed by atoms with Gasteiger partial charge in [-0.15, -0.1) is 0 Å². The number of ether oxygens (including phenoxy) is 1. The summed E-state index contributed by atoms with van der Waals surface area (Å²) in [6.45, 7) is 5.12. The number of nitrogens with zero attached hydrogens (tertiary/aromatic N) is 3. The van der Waals surface area contributed by atoms with Crippen LogP contribution in [0.4, 0.5) is 5.13 Å². The van der Waals surface area contributed by atoms with Gasteiger partial charge in [-0.3, -0.25) is 0 Å². The van der Waals surface area contributed by atoms with Crippen LogP contribution in [0.3, 0.4) is 0 Å². The van der Waals surface area contributed by atoms with Crippen LogP contribution in [-0.4, -0.2) is 55.7 Å². The van der Waals surface area contributed by atoms with E-state index < -0.39 is 0 Å². The third kappa shape index (κ3) is 2.58. The second-order valence-electron chi connectivity index (χ2n) is 4.27. The fraction of sp³-hybridized carbons (Fsp3) is 0.636. The van der Waals surface area contributed by atoms with E-state index in [0.29, 0.717) is 10.9 Å². The Balaban J connectivity index is 2.08. The van der Waals surface area contributed by atoms with Gasteiger partial charge < -0.3 is 14.5 Å². The minimum atomic E-state index is -0.309. The summed E-state index contributed by atoms with van der Waals surface area (Å²) in [4.78, 5) is 20.8. The van der Waals surface area contributed by atoms with Gasteiger partial charge in [0.25, 0.3) is 0 Å². The number of anilines is 1. The number of esters is 1. The normalized spacial score (nSPS) is 21.6. The van der Waals surface area contributed by atoms with E-state index in [1.165, 1.54) is 18.4 Å². The third-order valence-electron chi connectivity index (χ3n) is 3.11. The maximum absolute atomic E-state index is 11.3. The van der Waals surface area contributed by atoms with Gasteiger partial charge in [-0.1, -0.05) is 11.3 Å². The molecule has 1 unspecified atom stereocenters. The zero-order chi connectivity index (χ0) is 12.4. The molecule has 1 aliphatic rings. The Labute approximate surface area is 105 Å². The number of methoxy groups -OCH3 is 1. The molecule has 94 valence electrons. The molecule has 0 amide bonds. The standard InChI is InChI=1S/C11H17N3O2S/c1-8-7-14(5-4-13(8)2)11-12-6-9(17-11)10(15)16-3/h6,8H,4-5,7H2,1-3H3. The molecule has 1 saturated heterocycles. The van der Waals surface area contributed by atoms with Crippen LogP contribution < -0.4 is 4.90 Å². The highest BCUT2D eigenvalue weighted by atomic mass is 32.1. The van der Waals surface area contributed by atoms with Crippen molar-refractivity contribution >= 4 is 22.4 Å². The van der Waals surface area contributed by atoms with Gasteiger partial charge in [-0.25, -0.2) is 9.78 Å². The second kappa shape index (κ2) is 5.01. The van der Waals surface area contributed by atoms with Crippen LogP contribution in [0.5, 0.6) is 0 Å². The molecule has 0 radical (unpaired) electrons. The highest BCUT2D eigenvalue weighted by Gasteiger charge is 2.23. The number of likely N-dealkylation sites (N-methyl/N-ethyl adjacent to an activating group) is 1. The lowest BCUT2D eigenvalue weighted by molar-refractivity contribution is 0.0606. The number of rotatable bonds is 2. The molecule has 2 heterocycles. The van der Waals surface area contributed by atoms with Crippen molar-refractivity contribution in [1.82, 2.24) is 9.88 Å². The first-order valence-corrected chi connectivity index (χ1v) is 6.43. The predicted octanol–water partition coefficient (Wildman–Crippen LogP) is 1.07. The number of carbonyl (C=O) groups is 1. The summed E-state index contributed by atoms with van der Waals surface area (Å²) >= 11 is 1.40. The maximum Gasteiger partial charge on any atom is 0.349 e. The molecule has 0 aromatic carbocycles. The Bertz CT molecular complexity index is 407. The lowest BCUT2D eigenvalue weighted by Crippen LogP contribution is -2.50. The van der Waals surface area contributed by atoms with Gasteiger partial charge >= 0.3 is 5.97 Å². The number of thiazole rings is 1. The number of hydrogen-bond acceptors (Lipinski definition) is 6. The molecule has 1 aromatic rings. The summed E-state index contributed by atoms with van der Waals surface area (Å²) < 4.78 is 4.68. The largest absolute Gasteiger partial charge is 0.465 e. The number of piperazine rings is 1. The van der Waals surface area contributed by atoms with Crippen molar-refractivity contribution in [1.29, 1.82) is 0 Å². The molecular weight excluding hydrogens is 238 g/mol. The van der Waals surface area contributed by atoms with Crippen molar-refractivity contribution < 1.29 is 9.53 Å². The lowest BCUT2D eigenvalue weighted by atomic mass is 10.2. The average molecular weight is 255 g/mol. The van der Waals surface area contributed by atoms with Crippen molar-refractivity contribution in [2.75, 3.05) is 38.7 Å². The Hall–Kier alpha value is -1.14. The highest BCUT2D eigenvalue weighted by Crippen LogP contribution is 2.25. The quantitative estimate of drug-likeness (QED) is 0.740. The van der Waals surface area contributed by atoms with E-state index in [2.05, 4.69) is 33.5 Å². The summed E-state index contributed by atoms with van der Waals surface area (Å²) in [7, 11) is 3.52. The smallest absolute Gasteiger partial charge is 0.349 e. The first-order chi connectivity index (χ1) is 8.11. The maximum atomic E-state index is 11.3. The fourth-order valence-electron chi connectivity index (χ4n) is 1.83. The Morgan fingerprint density at radius 2 is 2.35 bits per heavy atom. The van der Waals surface area contributed by atoms with Crippen molar-refractivity contribution in [3.63, 3.8) is 0 Å². The van der Waals surface area contributed by atoms with Gasteiger partial charge in [0.2, 0.25) is 0 Å². The molecule has 0 bridgehead atoms. The van der Waals surface area contributed by atoms with Crippen LogP contribution in [-0.2, 0) is 4.74 Å². The first-order valence-electron chi connectivity index (χ1n) is 5.61. The van der Waals surface area contributed by atoms with Crippen LogP contribution in [0, 0.1) is 0 Å². The van der Waals surface area contributed by atoms with E-state index in [1.54, 1.807) is 6.20 Å². The molecule has 1 atom stereocenters. The SMILES string of the molecule is COC(=O)c1cnc(N2CCN(C)C(C)C2)s1. The van der Waals surface area contributed by atoms with Gasteiger partial charge in [0.15, 0.2) is 5.13 Å². The van der Waals surface area contributed by atoms with E-state index in [9.17, 15) is 4.79 Å². The fourth-order valence-corrected chi connectivity index (χ4v) is 2.70. The molecule has 1 aromatic heterocycles. The van der Waals surface area contributed by atoms with Crippen LogP contribution in [0.15, 0.2) is 6.20 Å². The van der Waals surface area contributed by atoms with E-state index in [4.69, 9.17) is 0 Å². The summed E-state index contributed by atoms with van der Waals surface area (Å²) in [6.07, 6.45) is 1.59. The van der Waals surface area contributed by atoms with Gasteiger partial charge in [-0.05, 0) is 14.0 Å². The minimum Gasteiger partial charge on any atom is -0.465 e. The predicted molar refractivity (Wildman–Crippen MR) is 67.8 cm³/mol. The molecule has 0 aliphatic carbocycles.